The first-order chi connectivity index (χ1) is 11.1. The normalized spacial score (nSPS) is 20.3. The molecule has 2 atom stereocenters. The van der Waals surface area contributed by atoms with Crippen LogP contribution in [0.25, 0.3) is 0 Å². The number of carbonyl (C=O) groups is 1. The average molecular weight is 316 g/mol. The number of carbonyl (C=O) groups excluding carboxylic acids is 1. The molecule has 1 amide bonds. The van der Waals surface area contributed by atoms with E-state index >= 15 is 0 Å². The van der Waals surface area contributed by atoms with Gasteiger partial charge < -0.3 is 5.73 Å². The number of aromatic amines is 1. The second-order valence-electron chi connectivity index (χ2n) is 6.10. The Morgan fingerprint density at radius 2 is 2.26 bits per heavy atom. The Labute approximate surface area is 134 Å². The maximum absolute atomic E-state index is 14.0. The van der Waals surface area contributed by atoms with Gasteiger partial charge in [-0.25, -0.2) is 4.39 Å². The van der Waals surface area contributed by atoms with Crippen LogP contribution in [0.5, 0.6) is 0 Å². The molecule has 1 aliphatic rings. The molecule has 6 heteroatoms. The van der Waals surface area contributed by atoms with Crippen LogP contribution in [-0.4, -0.2) is 34.1 Å². The van der Waals surface area contributed by atoms with Gasteiger partial charge in [0.05, 0.1) is 0 Å². The standard InChI is InChI=1S/C17H21FN4O/c1-11(13-6-2-3-7-14(13)18)22-8-4-5-12(10-22)15-9-16(17(19)23)21-20-15/h2-3,6-7,9,11-12H,4-5,8,10H2,1H3,(H2,19,23)(H,20,21)/t11-,12-/m0/s1. The van der Waals surface area contributed by atoms with Crippen LogP contribution in [0.4, 0.5) is 4.39 Å². The Morgan fingerprint density at radius 1 is 1.48 bits per heavy atom. The summed E-state index contributed by atoms with van der Waals surface area (Å²) in [6, 6.07) is 8.65. The summed E-state index contributed by atoms with van der Waals surface area (Å²) in [6.45, 7) is 3.77. The van der Waals surface area contributed by atoms with E-state index in [-0.39, 0.29) is 23.5 Å². The number of amides is 1. The van der Waals surface area contributed by atoms with Crippen LogP contribution < -0.4 is 5.73 Å². The van der Waals surface area contributed by atoms with Crippen molar-refractivity contribution in [3.05, 3.63) is 53.1 Å². The topological polar surface area (TPSA) is 75.0 Å². The van der Waals surface area contributed by atoms with E-state index in [0.29, 0.717) is 0 Å². The van der Waals surface area contributed by atoms with Crippen LogP contribution in [0.2, 0.25) is 0 Å². The van der Waals surface area contributed by atoms with E-state index in [4.69, 9.17) is 5.73 Å². The summed E-state index contributed by atoms with van der Waals surface area (Å²) >= 11 is 0. The highest BCUT2D eigenvalue weighted by molar-refractivity contribution is 5.90. The van der Waals surface area contributed by atoms with Gasteiger partial charge >= 0.3 is 0 Å². The summed E-state index contributed by atoms with van der Waals surface area (Å²) in [5.41, 5.74) is 7.15. The quantitative estimate of drug-likeness (QED) is 0.910. The van der Waals surface area contributed by atoms with Crippen molar-refractivity contribution in [2.75, 3.05) is 13.1 Å². The summed E-state index contributed by atoms with van der Waals surface area (Å²) in [5.74, 6) is -0.446. The zero-order valence-electron chi connectivity index (χ0n) is 13.1. The Morgan fingerprint density at radius 3 is 2.96 bits per heavy atom. The first kappa shape index (κ1) is 15.7. The fourth-order valence-corrected chi connectivity index (χ4v) is 3.29. The number of H-pyrrole nitrogens is 1. The minimum Gasteiger partial charge on any atom is -0.364 e. The fourth-order valence-electron chi connectivity index (χ4n) is 3.29. The fraction of sp³-hybridized carbons (Fsp3) is 0.412. The van der Waals surface area contributed by atoms with Gasteiger partial charge in [0, 0.05) is 29.8 Å². The molecule has 0 radical (unpaired) electrons. The van der Waals surface area contributed by atoms with Crippen molar-refractivity contribution < 1.29 is 9.18 Å². The predicted molar refractivity (Wildman–Crippen MR) is 85.5 cm³/mol. The lowest BCUT2D eigenvalue weighted by Gasteiger charge is -2.36. The third-order valence-electron chi connectivity index (χ3n) is 4.65. The number of nitrogens with two attached hydrogens (primary N) is 1. The van der Waals surface area contributed by atoms with Crippen LogP contribution >= 0.6 is 0 Å². The molecule has 0 unspecified atom stereocenters. The number of rotatable bonds is 4. The molecule has 5 nitrogen and oxygen atoms in total. The molecule has 1 aromatic heterocycles. The van der Waals surface area contributed by atoms with Crippen molar-refractivity contribution in [2.24, 2.45) is 5.73 Å². The maximum atomic E-state index is 14.0. The first-order valence-electron chi connectivity index (χ1n) is 7.90. The second-order valence-corrected chi connectivity index (χ2v) is 6.10. The number of nitrogens with zero attached hydrogens (tertiary/aromatic N) is 2. The van der Waals surface area contributed by atoms with Crippen molar-refractivity contribution in [1.29, 1.82) is 0 Å². The number of aromatic nitrogens is 2. The lowest BCUT2D eigenvalue weighted by molar-refractivity contribution is 0.0995. The van der Waals surface area contributed by atoms with Crippen molar-refractivity contribution in [2.45, 2.75) is 31.7 Å². The number of benzene rings is 1. The van der Waals surface area contributed by atoms with E-state index in [0.717, 1.165) is 37.2 Å². The lowest BCUT2D eigenvalue weighted by atomic mass is 9.92. The molecule has 3 N–H and O–H groups in total. The third kappa shape index (κ3) is 3.27. The Balaban J connectivity index is 1.75. The lowest BCUT2D eigenvalue weighted by Crippen LogP contribution is -2.36. The molecule has 1 fully saturated rings. The molecule has 0 saturated carbocycles. The number of hydrogen-bond donors (Lipinski definition) is 2. The van der Waals surface area contributed by atoms with E-state index in [9.17, 15) is 9.18 Å². The van der Waals surface area contributed by atoms with Gasteiger partial charge in [-0.15, -0.1) is 0 Å². The summed E-state index contributed by atoms with van der Waals surface area (Å²) in [4.78, 5) is 13.5. The number of piperidine rings is 1. The monoisotopic (exact) mass is 316 g/mol. The molecule has 23 heavy (non-hydrogen) atoms. The summed E-state index contributed by atoms with van der Waals surface area (Å²) in [5, 5.41) is 6.87. The molecule has 0 aliphatic carbocycles. The molecular formula is C17H21FN4O. The molecule has 1 saturated heterocycles. The zero-order valence-corrected chi connectivity index (χ0v) is 13.1. The molecule has 3 rings (SSSR count). The van der Waals surface area contributed by atoms with Crippen LogP contribution in [0.3, 0.4) is 0 Å². The Kier molecular flexibility index (Phi) is 4.43. The van der Waals surface area contributed by atoms with E-state index in [2.05, 4.69) is 15.1 Å². The van der Waals surface area contributed by atoms with Gasteiger partial charge in [0.15, 0.2) is 0 Å². The molecule has 2 heterocycles. The second kappa shape index (κ2) is 6.50. The summed E-state index contributed by atoms with van der Waals surface area (Å²) in [7, 11) is 0. The SMILES string of the molecule is C[C@@H](c1ccccc1F)N1CCC[C@H](c2cc(C(N)=O)n[nH]2)C1. The minimum absolute atomic E-state index is 0.0116. The molecule has 0 spiro atoms. The third-order valence-corrected chi connectivity index (χ3v) is 4.65. The number of primary amides is 1. The first-order valence-corrected chi connectivity index (χ1v) is 7.90. The zero-order chi connectivity index (χ0) is 16.4. The summed E-state index contributed by atoms with van der Waals surface area (Å²) < 4.78 is 14.0. The smallest absolute Gasteiger partial charge is 0.269 e. The number of nitrogens with one attached hydrogen (secondary N) is 1. The Hall–Kier alpha value is -2.21. The van der Waals surface area contributed by atoms with Crippen molar-refractivity contribution in [3.8, 4) is 0 Å². The number of likely N-dealkylation sites (tertiary alicyclic amines) is 1. The highest BCUT2D eigenvalue weighted by Gasteiger charge is 2.27. The van der Waals surface area contributed by atoms with Crippen LogP contribution in [0.1, 0.15) is 53.5 Å². The van der Waals surface area contributed by atoms with Gasteiger partial charge in [-0.1, -0.05) is 18.2 Å². The van der Waals surface area contributed by atoms with Crippen molar-refractivity contribution in [3.63, 3.8) is 0 Å². The van der Waals surface area contributed by atoms with E-state index in [1.165, 1.54) is 6.07 Å². The van der Waals surface area contributed by atoms with Gasteiger partial charge in [-0.3, -0.25) is 14.8 Å². The predicted octanol–water partition coefficient (Wildman–Crippen LogP) is 2.59. The highest BCUT2D eigenvalue weighted by Crippen LogP contribution is 2.32. The van der Waals surface area contributed by atoms with Gasteiger partial charge in [-0.05, 0) is 38.4 Å². The number of hydrogen-bond acceptors (Lipinski definition) is 3. The van der Waals surface area contributed by atoms with E-state index in [1.54, 1.807) is 12.1 Å². The van der Waals surface area contributed by atoms with E-state index < -0.39 is 5.91 Å². The van der Waals surface area contributed by atoms with Gasteiger partial charge in [-0.2, -0.15) is 5.10 Å². The minimum atomic E-state index is -0.528. The average Bonchev–Trinajstić information content (AvgIpc) is 3.05. The van der Waals surface area contributed by atoms with Crippen LogP contribution in [-0.2, 0) is 0 Å². The number of halogens is 1. The largest absolute Gasteiger partial charge is 0.364 e. The van der Waals surface area contributed by atoms with Gasteiger partial charge in [0.2, 0.25) is 0 Å². The van der Waals surface area contributed by atoms with Crippen LogP contribution in [0.15, 0.2) is 30.3 Å². The molecule has 1 aliphatic heterocycles. The van der Waals surface area contributed by atoms with Crippen molar-refractivity contribution >= 4 is 5.91 Å². The Bertz CT molecular complexity index is 699. The maximum Gasteiger partial charge on any atom is 0.269 e. The highest BCUT2D eigenvalue weighted by atomic mass is 19.1. The van der Waals surface area contributed by atoms with E-state index in [1.807, 2.05) is 19.1 Å². The molecule has 0 bridgehead atoms. The van der Waals surface area contributed by atoms with Gasteiger partial charge in [0.1, 0.15) is 11.5 Å². The molecular weight excluding hydrogens is 295 g/mol. The van der Waals surface area contributed by atoms with Crippen LogP contribution in [0, 0.1) is 5.82 Å². The molecule has 2 aromatic rings. The van der Waals surface area contributed by atoms with Gasteiger partial charge in [0.25, 0.3) is 5.91 Å². The van der Waals surface area contributed by atoms with Crippen molar-refractivity contribution in [1.82, 2.24) is 15.1 Å². The molecule has 122 valence electrons. The molecule has 1 aromatic carbocycles. The summed E-state index contributed by atoms with van der Waals surface area (Å²) in [6.07, 6.45) is 2.04.